The van der Waals surface area contributed by atoms with E-state index in [1.54, 1.807) is 18.2 Å². The second-order valence-electron chi connectivity index (χ2n) is 3.91. The predicted octanol–water partition coefficient (Wildman–Crippen LogP) is 1.85. The van der Waals surface area contributed by atoms with Crippen molar-refractivity contribution in [3.05, 3.63) is 59.4 Å². The molecule has 5 nitrogen and oxygen atoms in total. The molecule has 1 aromatic heterocycles. The number of para-hydroxylation sites is 1. The average Bonchev–Trinajstić information content (AvgIpc) is 2.45. The fourth-order valence-electron chi connectivity index (χ4n) is 1.62. The molecule has 0 saturated carbocycles. The zero-order valence-corrected chi connectivity index (χ0v) is 10.1. The third kappa shape index (κ3) is 3.29. The summed E-state index contributed by atoms with van der Waals surface area (Å²) in [6, 6.07) is 10.3. The van der Waals surface area contributed by atoms with Gasteiger partial charge in [0.15, 0.2) is 0 Å². The molecule has 2 rings (SSSR count). The van der Waals surface area contributed by atoms with Gasteiger partial charge in [-0.15, -0.1) is 0 Å². The van der Waals surface area contributed by atoms with Crippen LogP contribution in [-0.2, 0) is 13.2 Å². The average molecular weight is 259 g/mol. The minimum Gasteiger partial charge on any atom is -0.489 e. The number of aliphatic hydroxyl groups is 1. The van der Waals surface area contributed by atoms with Gasteiger partial charge < -0.3 is 14.9 Å². The van der Waals surface area contributed by atoms with Crippen LogP contribution in [0.1, 0.15) is 21.6 Å². The van der Waals surface area contributed by atoms with Crippen molar-refractivity contribution in [2.75, 3.05) is 0 Å². The summed E-state index contributed by atoms with van der Waals surface area (Å²) in [7, 11) is 0. The number of aliphatic hydroxyl groups excluding tert-OH is 1. The maximum atomic E-state index is 10.8. The van der Waals surface area contributed by atoms with E-state index in [-0.39, 0.29) is 18.9 Å². The zero-order chi connectivity index (χ0) is 13.7. The highest BCUT2D eigenvalue weighted by Gasteiger charge is 2.06. The van der Waals surface area contributed by atoms with E-state index in [4.69, 9.17) is 14.9 Å². The van der Waals surface area contributed by atoms with Gasteiger partial charge in [0.1, 0.15) is 18.1 Å². The predicted molar refractivity (Wildman–Crippen MR) is 67.9 cm³/mol. The number of carboxylic acids is 1. The molecule has 0 aliphatic rings. The number of nitrogens with zero attached hydrogens (tertiary/aromatic N) is 1. The van der Waals surface area contributed by atoms with Crippen LogP contribution in [0, 0.1) is 0 Å². The topological polar surface area (TPSA) is 79.7 Å². The van der Waals surface area contributed by atoms with E-state index in [0.717, 1.165) is 0 Å². The number of ether oxygens (including phenoxy) is 1. The maximum absolute atomic E-state index is 10.8. The van der Waals surface area contributed by atoms with Crippen molar-refractivity contribution in [3.8, 4) is 5.75 Å². The van der Waals surface area contributed by atoms with Crippen LogP contribution in [0.4, 0.5) is 0 Å². The first-order chi connectivity index (χ1) is 9.20. The minimum absolute atomic E-state index is 0.0171. The number of carboxylic acid groups (broad SMARTS) is 1. The number of aromatic nitrogens is 1. The molecular weight excluding hydrogens is 246 g/mol. The summed E-state index contributed by atoms with van der Waals surface area (Å²) in [6.45, 7) is 0.118. The van der Waals surface area contributed by atoms with Gasteiger partial charge in [-0.3, -0.25) is 0 Å². The van der Waals surface area contributed by atoms with Crippen LogP contribution in [-0.4, -0.2) is 21.2 Å². The first-order valence-electron chi connectivity index (χ1n) is 5.70. The van der Waals surface area contributed by atoms with Crippen molar-refractivity contribution in [1.29, 1.82) is 0 Å². The van der Waals surface area contributed by atoms with Gasteiger partial charge in [0.25, 0.3) is 0 Å². The highest BCUT2D eigenvalue weighted by molar-refractivity contribution is 5.85. The Morgan fingerprint density at radius 1 is 1.26 bits per heavy atom. The molecule has 0 amide bonds. The number of benzene rings is 1. The molecule has 0 fully saturated rings. The van der Waals surface area contributed by atoms with E-state index in [0.29, 0.717) is 16.9 Å². The van der Waals surface area contributed by atoms with Crippen molar-refractivity contribution >= 4 is 5.97 Å². The van der Waals surface area contributed by atoms with Gasteiger partial charge in [0, 0.05) is 11.8 Å². The number of carbonyl (C=O) groups is 1. The largest absolute Gasteiger partial charge is 0.489 e. The molecule has 0 spiro atoms. The fraction of sp³-hybridized carbons (Fsp3) is 0.143. The van der Waals surface area contributed by atoms with Crippen LogP contribution in [0.25, 0.3) is 0 Å². The summed E-state index contributed by atoms with van der Waals surface area (Å²) < 4.78 is 5.57. The summed E-state index contributed by atoms with van der Waals surface area (Å²) in [4.78, 5) is 14.5. The lowest BCUT2D eigenvalue weighted by Crippen LogP contribution is -2.03. The first kappa shape index (κ1) is 13.0. The molecule has 0 saturated heterocycles. The SMILES string of the molecule is O=C(O)c1cc(COc2ccccc2CO)ccn1. The number of pyridine rings is 1. The van der Waals surface area contributed by atoms with Gasteiger partial charge >= 0.3 is 5.97 Å². The van der Waals surface area contributed by atoms with Crippen LogP contribution >= 0.6 is 0 Å². The number of hydrogen-bond acceptors (Lipinski definition) is 4. The van der Waals surface area contributed by atoms with Crippen LogP contribution in [0.2, 0.25) is 0 Å². The van der Waals surface area contributed by atoms with E-state index in [1.165, 1.54) is 12.3 Å². The Bertz CT molecular complexity index is 583. The lowest BCUT2D eigenvalue weighted by Gasteiger charge is -2.10. The van der Waals surface area contributed by atoms with Gasteiger partial charge in [-0.05, 0) is 23.8 Å². The Balaban J connectivity index is 2.10. The molecule has 98 valence electrons. The van der Waals surface area contributed by atoms with E-state index in [1.807, 2.05) is 12.1 Å². The lowest BCUT2D eigenvalue weighted by atomic mass is 10.2. The Morgan fingerprint density at radius 2 is 2.05 bits per heavy atom. The molecule has 2 N–H and O–H groups in total. The van der Waals surface area contributed by atoms with E-state index in [2.05, 4.69) is 4.98 Å². The summed E-state index contributed by atoms with van der Waals surface area (Å²) in [5, 5.41) is 18.0. The Morgan fingerprint density at radius 3 is 2.79 bits per heavy atom. The number of hydrogen-bond donors (Lipinski definition) is 2. The Kier molecular flexibility index (Phi) is 4.10. The lowest BCUT2D eigenvalue weighted by molar-refractivity contribution is 0.0690. The molecule has 0 unspecified atom stereocenters. The fourth-order valence-corrected chi connectivity index (χ4v) is 1.62. The van der Waals surface area contributed by atoms with E-state index < -0.39 is 5.97 Å². The molecule has 5 heteroatoms. The second kappa shape index (κ2) is 5.97. The molecule has 0 aliphatic heterocycles. The van der Waals surface area contributed by atoms with Crippen molar-refractivity contribution in [2.45, 2.75) is 13.2 Å². The standard InChI is InChI=1S/C14H13NO4/c16-8-11-3-1-2-4-13(11)19-9-10-5-6-15-12(7-10)14(17)18/h1-7,16H,8-9H2,(H,17,18). The minimum atomic E-state index is -1.07. The highest BCUT2D eigenvalue weighted by atomic mass is 16.5. The van der Waals surface area contributed by atoms with Crippen molar-refractivity contribution in [3.63, 3.8) is 0 Å². The molecular formula is C14H13NO4. The summed E-state index contributed by atoms with van der Waals surface area (Å²) >= 11 is 0. The third-order valence-corrected chi connectivity index (χ3v) is 2.58. The van der Waals surface area contributed by atoms with Crippen LogP contribution in [0.5, 0.6) is 5.75 Å². The van der Waals surface area contributed by atoms with Crippen LogP contribution < -0.4 is 4.74 Å². The summed E-state index contributed by atoms with van der Waals surface area (Å²) in [6.07, 6.45) is 1.43. The third-order valence-electron chi connectivity index (χ3n) is 2.58. The van der Waals surface area contributed by atoms with Gasteiger partial charge in [0.2, 0.25) is 0 Å². The summed E-state index contributed by atoms with van der Waals surface area (Å²) in [5.74, 6) is -0.490. The van der Waals surface area contributed by atoms with Gasteiger partial charge in [-0.1, -0.05) is 18.2 Å². The smallest absolute Gasteiger partial charge is 0.354 e. The zero-order valence-electron chi connectivity index (χ0n) is 10.1. The van der Waals surface area contributed by atoms with E-state index in [9.17, 15) is 4.79 Å². The molecule has 19 heavy (non-hydrogen) atoms. The van der Waals surface area contributed by atoms with Crippen LogP contribution in [0.15, 0.2) is 42.6 Å². The second-order valence-corrected chi connectivity index (χ2v) is 3.91. The highest BCUT2D eigenvalue weighted by Crippen LogP contribution is 2.19. The van der Waals surface area contributed by atoms with Gasteiger partial charge in [0.05, 0.1) is 6.61 Å². The number of rotatable bonds is 5. The molecule has 0 atom stereocenters. The molecule has 0 bridgehead atoms. The molecule has 2 aromatic rings. The normalized spacial score (nSPS) is 10.2. The van der Waals surface area contributed by atoms with Gasteiger partial charge in [-0.25, -0.2) is 9.78 Å². The monoisotopic (exact) mass is 259 g/mol. The van der Waals surface area contributed by atoms with Crippen molar-refractivity contribution in [2.24, 2.45) is 0 Å². The molecule has 1 aromatic carbocycles. The molecule has 0 aliphatic carbocycles. The van der Waals surface area contributed by atoms with Crippen molar-refractivity contribution < 1.29 is 19.7 Å². The van der Waals surface area contributed by atoms with Crippen LogP contribution in [0.3, 0.4) is 0 Å². The Hall–Kier alpha value is -2.40. The number of aromatic carboxylic acids is 1. The quantitative estimate of drug-likeness (QED) is 0.856. The first-order valence-corrected chi connectivity index (χ1v) is 5.70. The summed E-state index contributed by atoms with van der Waals surface area (Å²) in [5.41, 5.74) is 1.38. The Labute approximate surface area is 110 Å². The maximum Gasteiger partial charge on any atom is 0.354 e. The molecule has 0 radical (unpaired) electrons. The molecule has 1 heterocycles. The van der Waals surface area contributed by atoms with Crippen molar-refractivity contribution in [1.82, 2.24) is 4.98 Å². The van der Waals surface area contributed by atoms with E-state index >= 15 is 0 Å². The van der Waals surface area contributed by atoms with Gasteiger partial charge in [-0.2, -0.15) is 0 Å².